The second kappa shape index (κ2) is 6.43. The third-order valence-corrected chi connectivity index (χ3v) is 3.18. The Morgan fingerprint density at radius 1 is 1.16 bits per heavy atom. The van der Waals surface area contributed by atoms with Crippen molar-refractivity contribution in [3.8, 4) is 5.75 Å². The van der Waals surface area contributed by atoms with Crippen molar-refractivity contribution in [2.75, 3.05) is 12.4 Å². The minimum atomic E-state index is -0.282. The molecular weight excluding hydrogens is 265 g/mol. The van der Waals surface area contributed by atoms with Gasteiger partial charge in [0, 0.05) is 29.7 Å². The molecule has 0 aliphatic carbocycles. The molecule has 0 atom stereocenters. The Morgan fingerprint density at radius 3 is 2.63 bits per heavy atom. The van der Waals surface area contributed by atoms with Crippen LogP contribution in [0.3, 0.4) is 0 Å². The SMILES string of the molecule is COc1ccc(CNc2ccccc2CCl)c(F)c1. The monoisotopic (exact) mass is 279 g/mol. The molecule has 0 spiro atoms. The number of benzene rings is 2. The molecule has 0 radical (unpaired) electrons. The van der Waals surface area contributed by atoms with Crippen molar-refractivity contribution in [3.05, 3.63) is 59.4 Å². The van der Waals surface area contributed by atoms with Crippen LogP contribution in [-0.2, 0) is 12.4 Å². The highest BCUT2D eigenvalue weighted by atomic mass is 35.5. The van der Waals surface area contributed by atoms with Crippen LogP contribution in [0.15, 0.2) is 42.5 Å². The first-order valence-corrected chi connectivity index (χ1v) is 6.48. The lowest BCUT2D eigenvalue weighted by molar-refractivity contribution is 0.411. The zero-order valence-electron chi connectivity index (χ0n) is 10.6. The van der Waals surface area contributed by atoms with Crippen LogP contribution >= 0.6 is 11.6 Å². The first kappa shape index (κ1) is 13.7. The van der Waals surface area contributed by atoms with E-state index in [1.54, 1.807) is 12.1 Å². The van der Waals surface area contributed by atoms with Crippen LogP contribution in [0.4, 0.5) is 10.1 Å². The summed E-state index contributed by atoms with van der Waals surface area (Å²) in [6, 6.07) is 12.6. The van der Waals surface area contributed by atoms with E-state index in [4.69, 9.17) is 16.3 Å². The molecule has 100 valence electrons. The molecule has 0 aliphatic heterocycles. The van der Waals surface area contributed by atoms with Crippen molar-refractivity contribution in [1.29, 1.82) is 0 Å². The summed E-state index contributed by atoms with van der Waals surface area (Å²) in [5.74, 6) is 0.659. The van der Waals surface area contributed by atoms with Gasteiger partial charge in [0.2, 0.25) is 0 Å². The van der Waals surface area contributed by atoms with E-state index >= 15 is 0 Å². The number of rotatable bonds is 5. The molecule has 2 nitrogen and oxygen atoms in total. The topological polar surface area (TPSA) is 21.3 Å². The number of para-hydroxylation sites is 1. The fraction of sp³-hybridized carbons (Fsp3) is 0.200. The predicted molar refractivity (Wildman–Crippen MR) is 76.3 cm³/mol. The quantitative estimate of drug-likeness (QED) is 0.829. The molecule has 0 saturated carbocycles. The summed E-state index contributed by atoms with van der Waals surface area (Å²) >= 11 is 5.85. The zero-order valence-corrected chi connectivity index (χ0v) is 11.4. The Bertz CT molecular complexity index is 560. The normalized spacial score (nSPS) is 10.3. The molecule has 0 fully saturated rings. The van der Waals surface area contributed by atoms with Crippen molar-refractivity contribution in [1.82, 2.24) is 0 Å². The molecule has 0 bridgehead atoms. The number of methoxy groups -OCH3 is 1. The molecule has 0 unspecified atom stereocenters. The molecule has 2 aromatic rings. The van der Waals surface area contributed by atoms with Crippen LogP contribution in [0.5, 0.6) is 5.75 Å². The number of hydrogen-bond donors (Lipinski definition) is 1. The van der Waals surface area contributed by atoms with E-state index in [1.807, 2.05) is 24.3 Å². The highest BCUT2D eigenvalue weighted by molar-refractivity contribution is 6.17. The fourth-order valence-electron chi connectivity index (χ4n) is 1.80. The molecule has 0 aliphatic rings. The van der Waals surface area contributed by atoms with Crippen molar-refractivity contribution in [2.45, 2.75) is 12.4 Å². The van der Waals surface area contributed by atoms with Crippen LogP contribution < -0.4 is 10.1 Å². The predicted octanol–water partition coefficient (Wildman–Crippen LogP) is 4.19. The third kappa shape index (κ3) is 3.38. The smallest absolute Gasteiger partial charge is 0.131 e. The molecule has 2 aromatic carbocycles. The van der Waals surface area contributed by atoms with Gasteiger partial charge in [-0.2, -0.15) is 0 Å². The second-order valence-electron chi connectivity index (χ2n) is 4.10. The molecule has 0 aromatic heterocycles. The van der Waals surface area contributed by atoms with Gasteiger partial charge in [-0.05, 0) is 17.7 Å². The summed E-state index contributed by atoms with van der Waals surface area (Å²) in [7, 11) is 1.52. The molecule has 0 amide bonds. The van der Waals surface area contributed by atoms with Gasteiger partial charge in [0.05, 0.1) is 7.11 Å². The van der Waals surface area contributed by atoms with Crippen LogP contribution in [0.25, 0.3) is 0 Å². The molecule has 4 heteroatoms. The maximum atomic E-state index is 13.8. The third-order valence-electron chi connectivity index (χ3n) is 2.89. The number of hydrogen-bond acceptors (Lipinski definition) is 2. The van der Waals surface area contributed by atoms with Crippen LogP contribution in [-0.4, -0.2) is 7.11 Å². The van der Waals surface area contributed by atoms with Gasteiger partial charge in [-0.3, -0.25) is 0 Å². The highest BCUT2D eigenvalue weighted by Gasteiger charge is 2.05. The van der Waals surface area contributed by atoms with Crippen LogP contribution in [0, 0.1) is 5.82 Å². The number of nitrogens with one attached hydrogen (secondary N) is 1. The molecule has 19 heavy (non-hydrogen) atoms. The van der Waals surface area contributed by atoms with Gasteiger partial charge in [0.1, 0.15) is 11.6 Å². The van der Waals surface area contributed by atoms with Gasteiger partial charge < -0.3 is 10.1 Å². The lowest BCUT2D eigenvalue weighted by Gasteiger charge is -2.11. The van der Waals surface area contributed by atoms with E-state index < -0.39 is 0 Å². The summed E-state index contributed by atoms with van der Waals surface area (Å²) in [5, 5.41) is 3.19. The van der Waals surface area contributed by atoms with Crippen molar-refractivity contribution < 1.29 is 9.13 Å². The Labute approximate surface area is 117 Å². The Kier molecular flexibility index (Phi) is 4.63. The summed E-state index contributed by atoms with van der Waals surface area (Å²) in [6.45, 7) is 0.406. The fourth-order valence-corrected chi connectivity index (χ4v) is 2.03. The van der Waals surface area contributed by atoms with E-state index in [0.29, 0.717) is 23.7 Å². The molecular formula is C15H15ClFNO. The Morgan fingerprint density at radius 2 is 1.95 bits per heavy atom. The first-order chi connectivity index (χ1) is 9.24. The van der Waals surface area contributed by atoms with E-state index in [1.165, 1.54) is 13.2 Å². The van der Waals surface area contributed by atoms with Gasteiger partial charge in [0.15, 0.2) is 0 Å². The van der Waals surface area contributed by atoms with Crippen LogP contribution in [0.2, 0.25) is 0 Å². The Balaban J connectivity index is 2.10. The average molecular weight is 280 g/mol. The van der Waals surface area contributed by atoms with E-state index in [2.05, 4.69) is 5.32 Å². The average Bonchev–Trinajstić information content (AvgIpc) is 2.46. The Hall–Kier alpha value is -1.74. The van der Waals surface area contributed by atoms with Gasteiger partial charge >= 0.3 is 0 Å². The largest absolute Gasteiger partial charge is 0.497 e. The van der Waals surface area contributed by atoms with Gasteiger partial charge in [-0.25, -0.2) is 4.39 Å². The van der Waals surface area contributed by atoms with Crippen LogP contribution in [0.1, 0.15) is 11.1 Å². The maximum Gasteiger partial charge on any atom is 0.131 e. The summed E-state index contributed by atoms with van der Waals surface area (Å²) in [5.41, 5.74) is 2.51. The summed E-state index contributed by atoms with van der Waals surface area (Å²) in [6.07, 6.45) is 0. The molecule has 0 heterocycles. The standard InChI is InChI=1S/C15H15ClFNO/c1-19-13-7-6-12(14(17)8-13)10-18-15-5-3-2-4-11(15)9-16/h2-8,18H,9-10H2,1H3. The van der Waals surface area contributed by atoms with Crippen molar-refractivity contribution in [3.63, 3.8) is 0 Å². The number of ether oxygens (including phenoxy) is 1. The summed E-state index contributed by atoms with van der Waals surface area (Å²) in [4.78, 5) is 0. The zero-order chi connectivity index (χ0) is 13.7. The summed E-state index contributed by atoms with van der Waals surface area (Å²) < 4.78 is 18.7. The lowest BCUT2D eigenvalue weighted by Crippen LogP contribution is -2.03. The second-order valence-corrected chi connectivity index (χ2v) is 4.37. The molecule has 2 rings (SSSR count). The molecule has 1 N–H and O–H groups in total. The van der Waals surface area contributed by atoms with E-state index in [9.17, 15) is 4.39 Å². The number of alkyl halides is 1. The highest BCUT2D eigenvalue weighted by Crippen LogP contribution is 2.20. The van der Waals surface area contributed by atoms with Crippen molar-refractivity contribution >= 4 is 17.3 Å². The van der Waals surface area contributed by atoms with Gasteiger partial charge in [-0.15, -0.1) is 11.6 Å². The minimum absolute atomic E-state index is 0.282. The van der Waals surface area contributed by atoms with Gasteiger partial charge in [-0.1, -0.05) is 24.3 Å². The molecule has 0 saturated heterocycles. The number of halogens is 2. The first-order valence-electron chi connectivity index (χ1n) is 5.94. The van der Waals surface area contributed by atoms with E-state index in [0.717, 1.165) is 11.3 Å². The van der Waals surface area contributed by atoms with Crippen molar-refractivity contribution in [2.24, 2.45) is 0 Å². The maximum absolute atomic E-state index is 13.8. The lowest BCUT2D eigenvalue weighted by atomic mass is 10.1. The minimum Gasteiger partial charge on any atom is -0.497 e. The van der Waals surface area contributed by atoms with E-state index in [-0.39, 0.29) is 5.82 Å². The van der Waals surface area contributed by atoms with Gasteiger partial charge in [0.25, 0.3) is 0 Å². The number of anilines is 1.